The molecule has 1 saturated heterocycles. The van der Waals surface area contributed by atoms with Crippen LogP contribution in [-0.2, 0) is 13.0 Å². The van der Waals surface area contributed by atoms with Crippen LogP contribution in [-0.4, -0.2) is 31.0 Å². The molecule has 0 radical (unpaired) electrons. The van der Waals surface area contributed by atoms with Gasteiger partial charge in [0.15, 0.2) is 5.82 Å². The van der Waals surface area contributed by atoms with E-state index < -0.39 is 0 Å². The van der Waals surface area contributed by atoms with E-state index in [1.165, 1.54) is 12.0 Å². The minimum absolute atomic E-state index is 0.334. The van der Waals surface area contributed by atoms with Gasteiger partial charge in [-0.1, -0.05) is 37.3 Å². The third kappa shape index (κ3) is 3.33. The summed E-state index contributed by atoms with van der Waals surface area (Å²) in [4.78, 5) is 16.3. The third-order valence-corrected chi connectivity index (χ3v) is 4.85. The molecule has 0 spiro atoms. The lowest BCUT2D eigenvalue weighted by molar-refractivity contribution is 0.244. The van der Waals surface area contributed by atoms with Crippen LogP contribution in [0.5, 0.6) is 0 Å². The van der Waals surface area contributed by atoms with E-state index >= 15 is 0 Å². The smallest absolute Gasteiger partial charge is 0.156 e. The molecule has 0 aliphatic carbocycles. The van der Waals surface area contributed by atoms with Crippen LogP contribution in [0.1, 0.15) is 42.9 Å². The molecule has 128 valence electrons. The van der Waals surface area contributed by atoms with Crippen LogP contribution in [0.25, 0.3) is 5.82 Å². The summed E-state index contributed by atoms with van der Waals surface area (Å²) >= 11 is 0. The van der Waals surface area contributed by atoms with Gasteiger partial charge >= 0.3 is 0 Å². The summed E-state index contributed by atoms with van der Waals surface area (Å²) < 4.78 is 2.03. The summed E-state index contributed by atoms with van der Waals surface area (Å²) in [5.74, 6) is 1.87. The summed E-state index contributed by atoms with van der Waals surface area (Å²) in [5, 5.41) is 0. The first kappa shape index (κ1) is 16.0. The Morgan fingerprint density at radius 2 is 2.04 bits per heavy atom. The van der Waals surface area contributed by atoms with Gasteiger partial charge in [0.2, 0.25) is 0 Å². The Labute approximate surface area is 148 Å². The molecule has 1 aliphatic rings. The number of aryl methyl sites for hydroxylation is 1. The maximum Gasteiger partial charge on any atom is 0.156 e. The van der Waals surface area contributed by atoms with E-state index in [9.17, 15) is 0 Å². The second-order valence-electron chi connectivity index (χ2n) is 6.48. The van der Waals surface area contributed by atoms with Crippen LogP contribution in [0.2, 0.25) is 0 Å². The van der Waals surface area contributed by atoms with Crippen LogP contribution < -0.4 is 0 Å². The SMILES string of the molecule is CCc1nccn1-c1cncc([C@@H]2CCCN2Cc2ccccc2)n1. The first-order valence-electron chi connectivity index (χ1n) is 8.97. The Kier molecular flexibility index (Phi) is 4.57. The van der Waals surface area contributed by atoms with Crippen molar-refractivity contribution < 1.29 is 0 Å². The van der Waals surface area contributed by atoms with Crippen molar-refractivity contribution in [3.8, 4) is 5.82 Å². The fourth-order valence-electron chi connectivity index (χ4n) is 3.62. The fourth-order valence-corrected chi connectivity index (χ4v) is 3.62. The predicted octanol–water partition coefficient (Wildman–Crippen LogP) is 3.56. The van der Waals surface area contributed by atoms with Gasteiger partial charge in [-0.25, -0.2) is 9.97 Å². The van der Waals surface area contributed by atoms with Crippen molar-refractivity contribution in [1.29, 1.82) is 0 Å². The van der Waals surface area contributed by atoms with Gasteiger partial charge in [-0.05, 0) is 24.9 Å². The molecule has 0 N–H and O–H groups in total. The molecule has 1 atom stereocenters. The van der Waals surface area contributed by atoms with Crippen molar-refractivity contribution in [2.75, 3.05) is 6.54 Å². The lowest BCUT2D eigenvalue weighted by Gasteiger charge is -2.24. The van der Waals surface area contributed by atoms with Gasteiger partial charge in [-0.3, -0.25) is 14.5 Å². The standard InChI is InChI=1S/C20H23N5/c1-2-19-22-10-12-25(19)20-14-21-13-17(23-20)18-9-6-11-24(18)15-16-7-4-3-5-8-16/h3-5,7-8,10,12-14,18H,2,6,9,11,15H2,1H3/t18-/m0/s1. The molecule has 0 saturated carbocycles. The fraction of sp³-hybridized carbons (Fsp3) is 0.350. The van der Waals surface area contributed by atoms with Crippen molar-refractivity contribution in [2.45, 2.75) is 38.8 Å². The second-order valence-corrected chi connectivity index (χ2v) is 6.48. The molecule has 25 heavy (non-hydrogen) atoms. The molecule has 0 amide bonds. The van der Waals surface area contributed by atoms with Crippen molar-refractivity contribution in [1.82, 2.24) is 24.4 Å². The highest BCUT2D eigenvalue weighted by molar-refractivity contribution is 5.24. The highest BCUT2D eigenvalue weighted by atomic mass is 15.2. The van der Waals surface area contributed by atoms with Gasteiger partial charge in [0.25, 0.3) is 0 Å². The van der Waals surface area contributed by atoms with E-state index in [1.807, 2.05) is 29.4 Å². The number of imidazole rings is 1. The van der Waals surface area contributed by atoms with E-state index in [2.05, 4.69) is 52.1 Å². The lowest BCUT2D eigenvalue weighted by Crippen LogP contribution is -2.24. The zero-order chi connectivity index (χ0) is 17.1. The average molecular weight is 333 g/mol. The van der Waals surface area contributed by atoms with Gasteiger partial charge < -0.3 is 0 Å². The minimum atomic E-state index is 0.334. The third-order valence-electron chi connectivity index (χ3n) is 4.85. The number of hydrogen-bond acceptors (Lipinski definition) is 4. The predicted molar refractivity (Wildman–Crippen MR) is 97.4 cm³/mol. The van der Waals surface area contributed by atoms with Crippen molar-refractivity contribution in [3.05, 3.63) is 72.2 Å². The van der Waals surface area contributed by atoms with Gasteiger partial charge in [0, 0.05) is 25.4 Å². The topological polar surface area (TPSA) is 46.8 Å². The zero-order valence-electron chi connectivity index (χ0n) is 14.5. The molecule has 5 nitrogen and oxygen atoms in total. The largest absolute Gasteiger partial charge is 0.290 e. The lowest BCUT2D eigenvalue weighted by atomic mass is 10.1. The van der Waals surface area contributed by atoms with E-state index in [0.717, 1.165) is 43.3 Å². The number of aromatic nitrogens is 4. The molecule has 0 bridgehead atoms. The van der Waals surface area contributed by atoms with Gasteiger partial charge in [-0.15, -0.1) is 0 Å². The van der Waals surface area contributed by atoms with Gasteiger partial charge in [-0.2, -0.15) is 0 Å². The number of likely N-dealkylation sites (tertiary alicyclic amines) is 1. The van der Waals surface area contributed by atoms with Crippen molar-refractivity contribution >= 4 is 0 Å². The van der Waals surface area contributed by atoms with Crippen LogP contribution in [0.15, 0.2) is 55.1 Å². The molecule has 1 aromatic carbocycles. The summed E-state index contributed by atoms with van der Waals surface area (Å²) in [5.41, 5.74) is 2.41. The van der Waals surface area contributed by atoms with E-state index in [1.54, 1.807) is 0 Å². The summed E-state index contributed by atoms with van der Waals surface area (Å²) in [7, 11) is 0. The quantitative estimate of drug-likeness (QED) is 0.716. The Morgan fingerprint density at radius 1 is 1.16 bits per heavy atom. The molecule has 1 fully saturated rings. The van der Waals surface area contributed by atoms with E-state index in [-0.39, 0.29) is 0 Å². The first-order valence-corrected chi connectivity index (χ1v) is 8.97. The molecule has 1 aliphatic heterocycles. The average Bonchev–Trinajstić information content (AvgIpc) is 3.32. The normalized spacial score (nSPS) is 17.9. The molecule has 3 aromatic rings. The molecule has 5 heteroatoms. The van der Waals surface area contributed by atoms with Crippen molar-refractivity contribution in [2.24, 2.45) is 0 Å². The summed E-state index contributed by atoms with van der Waals surface area (Å²) in [6.07, 6.45) is 10.7. The Morgan fingerprint density at radius 3 is 2.88 bits per heavy atom. The molecule has 0 unspecified atom stereocenters. The number of hydrogen-bond donors (Lipinski definition) is 0. The Hall–Kier alpha value is -2.53. The Balaban J connectivity index is 1.59. The monoisotopic (exact) mass is 333 g/mol. The van der Waals surface area contributed by atoms with Crippen LogP contribution in [0, 0.1) is 0 Å². The van der Waals surface area contributed by atoms with Crippen LogP contribution in [0.4, 0.5) is 0 Å². The molecular weight excluding hydrogens is 310 g/mol. The highest BCUT2D eigenvalue weighted by Gasteiger charge is 2.27. The molecule has 3 heterocycles. The zero-order valence-corrected chi connectivity index (χ0v) is 14.5. The van der Waals surface area contributed by atoms with Crippen LogP contribution >= 0.6 is 0 Å². The van der Waals surface area contributed by atoms with E-state index in [0.29, 0.717) is 6.04 Å². The number of nitrogens with zero attached hydrogens (tertiary/aromatic N) is 5. The number of benzene rings is 1. The van der Waals surface area contributed by atoms with Gasteiger partial charge in [0.05, 0.1) is 24.1 Å². The maximum atomic E-state index is 4.92. The van der Waals surface area contributed by atoms with E-state index in [4.69, 9.17) is 4.98 Å². The Bertz CT molecular complexity index is 827. The molecule has 4 rings (SSSR count). The van der Waals surface area contributed by atoms with Crippen molar-refractivity contribution in [3.63, 3.8) is 0 Å². The summed E-state index contributed by atoms with van der Waals surface area (Å²) in [6, 6.07) is 11.0. The minimum Gasteiger partial charge on any atom is -0.290 e. The summed E-state index contributed by atoms with van der Waals surface area (Å²) in [6.45, 7) is 4.17. The van der Waals surface area contributed by atoms with Crippen LogP contribution in [0.3, 0.4) is 0 Å². The van der Waals surface area contributed by atoms with Gasteiger partial charge in [0.1, 0.15) is 5.82 Å². The second kappa shape index (κ2) is 7.15. The maximum absolute atomic E-state index is 4.92. The number of rotatable bonds is 5. The molecular formula is C20H23N5. The highest BCUT2D eigenvalue weighted by Crippen LogP contribution is 2.32. The first-order chi connectivity index (χ1) is 12.3. The molecule has 2 aromatic heterocycles.